The van der Waals surface area contributed by atoms with Crippen molar-refractivity contribution in [3.63, 3.8) is 0 Å². The standard InChI is InChI=1S/C27H28ClN3O10S3.2Na/c1-14-2-5-21(23(8-14)43(36,37)38)30-31-25-24(44(39,40)41)13-16-12-17(3-4-18(16)26(25)32)29-27(33)20-10-15-9-19(20)22(11-15)42(34,35)7-6-28;;/h2-5,8,12-13,15,19-20,22,32H,6-7,9-11H2,1H3,(H,29,33)(H,36,37,38)(H,39,40,41);;/q;2*+1/p-2. The van der Waals surface area contributed by atoms with Crippen LogP contribution >= 0.6 is 11.6 Å². The fourth-order valence-electron chi connectivity index (χ4n) is 6.22. The molecule has 2 saturated carbocycles. The van der Waals surface area contributed by atoms with Gasteiger partial charge < -0.3 is 19.5 Å². The zero-order valence-corrected chi connectivity index (χ0v) is 32.2. The van der Waals surface area contributed by atoms with Crippen molar-refractivity contribution in [1.29, 1.82) is 0 Å². The van der Waals surface area contributed by atoms with E-state index >= 15 is 0 Å². The third kappa shape index (κ3) is 8.17. The molecule has 46 heavy (non-hydrogen) atoms. The molecule has 236 valence electrons. The summed E-state index contributed by atoms with van der Waals surface area (Å²) in [5.41, 5.74) is -0.575. The summed E-state index contributed by atoms with van der Waals surface area (Å²) in [5.74, 6) is -2.18. The number of phenols is 1. The summed E-state index contributed by atoms with van der Waals surface area (Å²) in [5, 5.41) is 20.4. The summed E-state index contributed by atoms with van der Waals surface area (Å²) in [6.07, 6.45) is 1.64. The Morgan fingerprint density at radius 3 is 2.22 bits per heavy atom. The van der Waals surface area contributed by atoms with E-state index in [1.54, 1.807) is 0 Å². The number of carbonyl (C=O) groups is 1. The number of benzene rings is 3. The molecule has 19 heteroatoms. The molecule has 4 atom stereocenters. The van der Waals surface area contributed by atoms with E-state index in [4.69, 9.17) is 11.6 Å². The average molecular weight is 730 g/mol. The number of sulfone groups is 1. The van der Waals surface area contributed by atoms with Crippen LogP contribution in [0.3, 0.4) is 0 Å². The molecule has 0 aliphatic heterocycles. The molecule has 0 heterocycles. The second-order valence-corrected chi connectivity index (χ2v) is 16.4. The van der Waals surface area contributed by atoms with Gasteiger partial charge in [-0.25, -0.2) is 25.3 Å². The zero-order chi connectivity index (χ0) is 32.2. The predicted octanol–water partition coefficient (Wildman–Crippen LogP) is -1.91. The largest absolute Gasteiger partial charge is 1.00 e. The topological polar surface area (TPSA) is 223 Å². The van der Waals surface area contributed by atoms with Gasteiger partial charge in [0.1, 0.15) is 31.6 Å². The van der Waals surface area contributed by atoms with Crippen LogP contribution in [0.2, 0.25) is 0 Å². The molecular formula is C27H26ClN3Na2O10S3. The Labute approximate surface area is 315 Å². The number of aryl methyl sites for hydroxylation is 1. The molecule has 2 N–H and O–H groups in total. The maximum atomic E-state index is 13.2. The van der Waals surface area contributed by atoms with Crippen LogP contribution in [0.1, 0.15) is 24.8 Å². The van der Waals surface area contributed by atoms with Crippen molar-refractivity contribution in [2.75, 3.05) is 16.9 Å². The number of carbonyl (C=O) groups excluding carboxylic acids is 1. The molecule has 2 aliphatic rings. The Hall–Kier alpha value is -1.15. The molecule has 2 bridgehead atoms. The van der Waals surface area contributed by atoms with Crippen molar-refractivity contribution in [3.8, 4) is 5.75 Å². The molecule has 0 spiro atoms. The number of hydrogen-bond donors (Lipinski definition) is 2. The molecule has 0 aromatic heterocycles. The number of fused-ring (bicyclic) bond motifs is 3. The predicted molar refractivity (Wildman–Crippen MR) is 158 cm³/mol. The van der Waals surface area contributed by atoms with Crippen molar-refractivity contribution in [2.45, 2.75) is 41.2 Å². The number of rotatable bonds is 9. The first-order valence-electron chi connectivity index (χ1n) is 13.3. The Bertz CT molecular complexity index is 2040. The number of nitrogens with zero attached hydrogens (tertiary/aromatic N) is 2. The number of amides is 1. The second-order valence-electron chi connectivity index (χ2n) is 11.0. The third-order valence-corrected chi connectivity index (χ3v) is 12.5. The quantitative estimate of drug-likeness (QED) is 0.108. The van der Waals surface area contributed by atoms with E-state index < -0.39 is 74.1 Å². The van der Waals surface area contributed by atoms with Crippen molar-refractivity contribution in [2.24, 2.45) is 28.0 Å². The fourth-order valence-corrected chi connectivity index (χ4v) is 10.1. The van der Waals surface area contributed by atoms with Gasteiger partial charge in [0.25, 0.3) is 0 Å². The van der Waals surface area contributed by atoms with Crippen molar-refractivity contribution in [1.82, 2.24) is 0 Å². The van der Waals surface area contributed by atoms with Gasteiger partial charge in [0.2, 0.25) is 5.91 Å². The minimum absolute atomic E-state index is 0. The number of hydrogen-bond acceptors (Lipinski definition) is 12. The number of halogens is 1. The molecule has 2 aliphatic carbocycles. The molecular weight excluding hydrogens is 704 g/mol. The number of azo groups is 1. The Balaban J connectivity index is 0.00000288. The van der Waals surface area contributed by atoms with Gasteiger partial charge >= 0.3 is 59.1 Å². The van der Waals surface area contributed by atoms with Gasteiger partial charge in [-0.3, -0.25) is 4.79 Å². The Morgan fingerprint density at radius 1 is 0.935 bits per heavy atom. The number of anilines is 1. The number of phenolic OH excluding ortho intramolecular Hbond substituents is 1. The fraction of sp³-hybridized carbons (Fsp3) is 0.370. The van der Waals surface area contributed by atoms with Crippen LogP contribution < -0.4 is 64.4 Å². The molecule has 2 fully saturated rings. The normalized spacial score (nSPS) is 21.2. The maximum absolute atomic E-state index is 13.2. The van der Waals surface area contributed by atoms with Gasteiger partial charge in [-0.05, 0) is 85.4 Å². The average Bonchev–Trinajstić information content (AvgIpc) is 3.54. The van der Waals surface area contributed by atoms with Crippen LogP contribution in [0.15, 0.2) is 62.5 Å². The smallest absolute Gasteiger partial charge is 0.744 e. The molecule has 0 radical (unpaired) electrons. The van der Waals surface area contributed by atoms with E-state index in [1.165, 1.54) is 31.2 Å². The summed E-state index contributed by atoms with van der Waals surface area (Å²) in [4.78, 5) is 11.5. The van der Waals surface area contributed by atoms with Crippen LogP contribution in [-0.2, 0) is 34.9 Å². The van der Waals surface area contributed by atoms with Gasteiger partial charge in [0, 0.05) is 22.9 Å². The van der Waals surface area contributed by atoms with E-state index in [-0.39, 0.29) is 99.0 Å². The van der Waals surface area contributed by atoms with Gasteiger partial charge in [0.15, 0.2) is 15.6 Å². The Morgan fingerprint density at radius 2 is 1.61 bits per heavy atom. The molecule has 0 saturated heterocycles. The van der Waals surface area contributed by atoms with Gasteiger partial charge in [0.05, 0.1) is 20.8 Å². The maximum Gasteiger partial charge on any atom is 1.00 e. The SMILES string of the molecule is Cc1ccc(N=Nc2c(S(=O)(=O)[O-])cc3cc(NC(=O)C4CC5CC4C(S(=O)(=O)CCCl)C5)ccc3c2O)c(S(=O)(=O)[O-])c1.[Na+].[Na+]. The summed E-state index contributed by atoms with van der Waals surface area (Å²) in [7, 11) is -13.7. The summed E-state index contributed by atoms with van der Waals surface area (Å²) in [6, 6.07) is 8.66. The van der Waals surface area contributed by atoms with E-state index in [1.807, 2.05) is 0 Å². The number of aromatic hydroxyl groups is 1. The minimum atomic E-state index is -5.27. The van der Waals surface area contributed by atoms with Crippen LogP contribution in [0, 0.1) is 24.7 Å². The first kappa shape index (κ1) is 39.3. The van der Waals surface area contributed by atoms with Crippen molar-refractivity contribution in [3.05, 3.63) is 48.0 Å². The summed E-state index contributed by atoms with van der Waals surface area (Å²) < 4.78 is 96.9. The number of nitrogens with one attached hydrogen (secondary N) is 1. The van der Waals surface area contributed by atoms with Crippen LogP contribution in [0.25, 0.3) is 10.8 Å². The molecule has 1 amide bonds. The first-order valence-corrected chi connectivity index (χ1v) is 18.4. The van der Waals surface area contributed by atoms with E-state index in [0.717, 1.165) is 18.2 Å². The van der Waals surface area contributed by atoms with Crippen molar-refractivity contribution < 1.29 is 103 Å². The van der Waals surface area contributed by atoms with Gasteiger partial charge in [-0.15, -0.1) is 21.8 Å². The third-order valence-electron chi connectivity index (χ3n) is 8.14. The second kappa shape index (κ2) is 14.8. The number of alkyl halides is 1. The zero-order valence-electron chi connectivity index (χ0n) is 25.0. The molecule has 4 unspecified atom stereocenters. The van der Waals surface area contributed by atoms with E-state index in [9.17, 15) is 44.3 Å². The summed E-state index contributed by atoms with van der Waals surface area (Å²) in [6.45, 7) is 1.53. The van der Waals surface area contributed by atoms with Gasteiger partial charge in [-0.1, -0.05) is 6.07 Å². The Kier molecular flexibility index (Phi) is 12.6. The minimum Gasteiger partial charge on any atom is -0.744 e. The van der Waals surface area contributed by atoms with Crippen LogP contribution in [-0.4, -0.2) is 62.3 Å². The molecule has 13 nitrogen and oxygen atoms in total. The monoisotopic (exact) mass is 729 g/mol. The molecule has 3 aromatic rings. The molecule has 5 rings (SSSR count). The van der Waals surface area contributed by atoms with Crippen molar-refractivity contribution >= 4 is 75.4 Å². The van der Waals surface area contributed by atoms with E-state index in [0.29, 0.717) is 24.8 Å². The molecule has 3 aromatic carbocycles. The van der Waals surface area contributed by atoms with Crippen LogP contribution in [0.4, 0.5) is 17.1 Å². The summed E-state index contributed by atoms with van der Waals surface area (Å²) >= 11 is 5.68. The van der Waals surface area contributed by atoms with Crippen LogP contribution in [0.5, 0.6) is 5.75 Å². The first-order chi connectivity index (χ1) is 20.5. The van der Waals surface area contributed by atoms with E-state index in [2.05, 4.69) is 15.5 Å². The van der Waals surface area contributed by atoms with Gasteiger partial charge in [-0.2, -0.15) is 0 Å².